The first-order valence-corrected chi connectivity index (χ1v) is 7.64. The lowest BCUT2D eigenvalue weighted by atomic mass is 10.2. The van der Waals surface area contributed by atoms with E-state index in [0.717, 1.165) is 32.0 Å². The van der Waals surface area contributed by atoms with E-state index in [4.69, 9.17) is 5.11 Å². The zero-order chi connectivity index (χ0) is 13.6. The SMILES string of the molecule is Cc1nc(-c2ccccc2Br)sc1C1CC1C(=O)O. The van der Waals surface area contributed by atoms with Gasteiger partial charge in [-0.05, 0) is 19.4 Å². The van der Waals surface area contributed by atoms with Gasteiger partial charge in [-0.3, -0.25) is 4.79 Å². The maximum Gasteiger partial charge on any atom is 0.307 e. The quantitative estimate of drug-likeness (QED) is 0.918. The smallest absolute Gasteiger partial charge is 0.307 e. The number of aromatic nitrogens is 1. The number of nitrogens with zero attached hydrogens (tertiary/aromatic N) is 1. The van der Waals surface area contributed by atoms with Crippen molar-refractivity contribution in [3.8, 4) is 10.6 Å². The van der Waals surface area contributed by atoms with Gasteiger partial charge in [-0.2, -0.15) is 0 Å². The molecule has 1 fully saturated rings. The van der Waals surface area contributed by atoms with E-state index in [-0.39, 0.29) is 11.8 Å². The van der Waals surface area contributed by atoms with Crippen molar-refractivity contribution < 1.29 is 9.90 Å². The fraction of sp³-hybridized carbons (Fsp3) is 0.286. The van der Waals surface area contributed by atoms with E-state index in [1.807, 2.05) is 31.2 Å². The molecule has 1 N–H and O–H groups in total. The molecule has 1 aliphatic carbocycles. The summed E-state index contributed by atoms with van der Waals surface area (Å²) in [6, 6.07) is 7.96. The Hall–Kier alpha value is -1.20. The van der Waals surface area contributed by atoms with Crippen molar-refractivity contribution in [1.29, 1.82) is 0 Å². The molecule has 3 nitrogen and oxygen atoms in total. The van der Waals surface area contributed by atoms with Crippen LogP contribution in [0.4, 0.5) is 0 Å². The summed E-state index contributed by atoms with van der Waals surface area (Å²) in [4.78, 5) is 16.7. The zero-order valence-electron chi connectivity index (χ0n) is 10.3. The van der Waals surface area contributed by atoms with E-state index in [1.165, 1.54) is 0 Å². The summed E-state index contributed by atoms with van der Waals surface area (Å²) < 4.78 is 1.01. The number of carboxylic acids is 1. The average molecular weight is 338 g/mol. The summed E-state index contributed by atoms with van der Waals surface area (Å²) in [5.41, 5.74) is 2.03. The van der Waals surface area contributed by atoms with Gasteiger partial charge in [0, 0.05) is 20.8 Å². The number of halogens is 1. The lowest BCUT2D eigenvalue weighted by Crippen LogP contribution is -1.98. The average Bonchev–Trinajstić information content (AvgIpc) is 3.08. The Bertz CT molecular complexity index is 653. The molecular weight excluding hydrogens is 326 g/mol. The molecule has 5 heteroatoms. The number of carboxylic acid groups (broad SMARTS) is 1. The molecule has 1 aliphatic rings. The van der Waals surface area contributed by atoms with Gasteiger partial charge in [-0.15, -0.1) is 11.3 Å². The second-order valence-electron chi connectivity index (χ2n) is 4.74. The molecule has 2 unspecified atom stereocenters. The molecule has 98 valence electrons. The highest BCUT2D eigenvalue weighted by Gasteiger charge is 2.46. The van der Waals surface area contributed by atoms with Crippen LogP contribution in [0.1, 0.15) is 22.9 Å². The third kappa shape index (κ3) is 2.32. The first-order chi connectivity index (χ1) is 9.08. The van der Waals surface area contributed by atoms with Crippen molar-refractivity contribution in [1.82, 2.24) is 4.98 Å². The van der Waals surface area contributed by atoms with Crippen molar-refractivity contribution >= 4 is 33.2 Å². The minimum Gasteiger partial charge on any atom is -0.481 e. The van der Waals surface area contributed by atoms with E-state index in [1.54, 1.807) is 11.3 Å². The van der Waals surface area contributed by atoms with Gasteiger partial charge < -0.3 is 5.11 Å². The van der Waals surface area contributed by atoms with Gasteiger partial charge >= 0.3 is 5.97 Å². The molecule has 2 atom stereocenters. The molecule has 0 aliphatic heterocycles. The second-order valence-corrected chi connectivity index (χ2v) is 6.62. The topological polar surface area (TPSA) is 50.2 Å². The highest BCUT2D eigenvalue weighted by atomic mass is 79.9. The van der Waals surface area contributed by atoms with Crippen molar-refractivity contribution in [3.63, 3.8) is 0 Å². The van der Waals surface area contributed by atoms with Gasteiger partial charge in [0.1, 0.15) is 5.01 Å². The minimum absolute atomic E-state index is 0.159. The number of hydrogen-bond acceptors (Lipinski definition) is 3. The van der Waals surface area contributed by atoms with Crippen LogP contribution < -0.4 is 0 Å². The molecule has 0 saturated heterocycles. The zero-order valence-corrected chi connectivity index (χ0v) is 12.7. The summed E-state index contributed by atoms with van der Waals surface area (Å²) in [6.07, 6.45) is 0.744. The fourth-order valence-corrected chi connectivity index (χ4v) is 4.15. The van der Waals surface area contributed by atoms with Gasteiger partial charge in [0.2, 0.25) is 0 Å². The molecule has 1 heterocycles. The van der Waals surface area contributed by atoms with Crippen LogP contribution in [0.3, 0.4) is 0 Å². The van der Waals surface area contributed by atoms with E-state index >= 15 is 0 Å². The van der Waals surface area contributed by atoms with E-state index in [0.29, 0.717) is 0 Å². The summed E-state index contributed by atoms with van der Waals surface area (Å²) in [6.45, 7) is 1.96. The Morgan fingerprint density at radius 3 is 2.84 bits per heavy atom. The summed E-state index contributed by atoms with van der Waals surface area (Å²) in [5.74, 6) is -0.752. The Balaban J connectivity index is 1.95. The number of aliphatic carboxylic acids is 1. The second kappa shape index (κ2) is 4.72. The number of hydrogen-bond donors (Lipinski definition) is 1. The van der Waals surface area contributed by atoms with Crippen LogP contribution in [0.2, 0.25) is 0 Å². The number of thiazole rings is 1. The summed E-state index contributed by atoms with van der Waals surface area (Å²) in [5, 5.41) is 9.98. The Morgan fingerprint density at radius 1 is 1.47 bits per heavy atom. The number of carbonyl (C=O) groups is 1. The van der Waals surface area contributed by atoms with Crippen LogP contribution in [0.5, 0.6) is 0 Å². The number of benzene rings is 1. The van der Waals surface area contributed by atoms with E-state index < -0.39 is 5.97 Å². The van der Waals surface area contributed by atoms with E-state index in [2.05, 4.69) is 20.9 Å². The Kier molecular flexibility index (Phi) is 3.19. The first kappa shape index (κ1) is 12.8. The summed E-state index contributed by atoms with van der Waals surface area (Å²) in [7, 11) is 0. The van der Waals surface area contributed by atoms with Crippen LogP contribution in [-0.2, 0) is 4.79 Å². The molecular formula is C14H12BrNO2S. The maximum absolute atomic E-state index is 11.0. The molecule has 2 aromatic rings. The van der Waals surface area contributed by atoms with Crippen molar-refractivity contribution in [2.24, 2.45) is 5.92 Å². The van der Waals surface area contributed by atoms with Crippen molar-refractivity contribution in [2.45, 2.75) is 19.3 Å². The third-order valence-corrected chi connectivity index (χ3v) is 5.40. The molecule has 0 radical (unpaired) electrons. The van der Waals surface area contributed by atoms with Gasteiger partial charge in [0.15, 0.2) is 0 Å². The molecule has 1 saturated carbocycles. The van der Waals surface area contributed by atoms with Gasteiger partial charge in [0.05, 0.1) is 11.6 Å². The van der Waals surface area contributed by atoms with Crippen LogP contribution in [0.15, 0.2) is 28.7 Å². The lowest BCUT2D eigenvalue weighted by molar-refractivity contribution is -0.138. The molecule has 3 rings (SSSR count). The van der Waals surface area contributed by atoms with Gasteiger partial charge in [-0.1, -0.05) is 34.1 Å². The normalized spacial score (nSPS) is 21.4. The molecule has 0 spiro atoms. The number of rotatable bonds is 3. The van der Waals surface area contributed by atoms with Crippen LogP contribution in [0, 0.1) is 12.8 Å². The lowest BCUT2D eigenvalue weighted by Gasteiger charge is -1.98. The van der Waals surface area contributed by atoms with Gasteiger partial charge in [0.25, 0.3) is 0 Å². The van der Waals surface area contributed by atoms with Crippen LogP contribution >= 0.6 is 27.3 Å². The maximum atomic E-state index is 11.0. The summed E-state index contributed by atoms with van der Waals surface area (Å²) >= 11 is 5.14. The van der Waals surface area contributed by atoms with Crippen molar-refractivity contribution in [3.05, 3.63) is 39.3 Å². The predicted molar refractivity (Wildman–Crippen MR) is 78.5 cm³/mol. The monoisotopic (exact) mass is 337 g/mol. The highest BCUT2D eigenvalue weighted by molar-refractivity contribution is 9.10. The fourth-order valence-electron chi connectivity index (χ4n) is 2.26. The number of aryl methyl sites for hydroxylation is 1. The minimum atomic E-state index is -0.694. The van der Waals surface area contributed by atoms with Gasteiger partial charge in [-0.25, -0.2) is 4.98 Å². The standard InChI is InChI=1S/C14H12BrNO2S/c1-7-12(9-6-10(9)14(17)18)19-13(16-7)8-4-2-3-5-11(8)15/h2-5,9-10H,6H2,1H3,(H,17,18). The first-order valence-electron chi connectivity index (χ1n) is 6.03. The highest BCUT2D eigenvalue weighted by Crippen LogP contribution is 2.51. The van der Waals surface area contributed by atoms with Crippen molar-refractivity contribution in [2.75, 3.05) is 0 Å². The van der Waals surface area contributed by atoms with E-state index in [9.17, 15) is 4.79 Å². The molecule has 0 bridgehead atoms. The third-order valence-electron chi connectivity index (χ3n) is 3.38. The Morgan fingerprint density at radius 2 is 2.21 bits per heavy atom. The Labute approximate surface area is 123 Å². The molecule has 1 aromatic heterocycles. The van der Waals surface area contributed by atoms with Crippen LogP contribution in [-0.4, -0.2) is 16.1 Å². The molecule has 19 heavy (non-hydrogen) atoms. The predicted octanol–water partition coefficient (Wildman–Crippen LogP) is 4.07. The molecule has 0 amide bonds. The van der Waals surface area contributed by atoms with Crippen LogP contribution in [0.25, 0.3) is 10.6 Å². The largest absolute Gasteiger partial charge is 0.481 e. The molecule has 1 aromatic carbocycles.